The zero-order chi connectivity index (χ0) is 61.1. The Hall–Kier alpha value is -1.94. The quantitative estimate of drug-likeness (QED) is 0.0222. The number of aliphatic hydroxyl groups excluding tert-OH is 1. The number of carbonyl (C=O) groups excluding carboxylic acids is 4. The highest BCUT2D eigenvalue weighted by atomic mass is 31.2. The van der Waals surface area contributed by atoms with Crippen LogP contribution in [0.4, 0.5) is 0 Å². The summed E-state index contributed by atoms with van der Waals surface area (Å²) in [5, 5.41) is 10.5. The van der Waals surface area contributed by atoms with E-state index in [9.17, 15) is 43.2 Å². The lowest BCUT2D eigenvalue weighted by molar-refractivity contribution is -0.161. The summed E-state index contributed by atoms with van der Waals surface area (Å²) in [6.07, 6.45) is 32.4. The van der Waals surface area contributed by atoms with E-state index >= 15 is 0 Å². The summed E-state index contributed by atoms with van der Waals surface area (Å²) in [5.41, 5.74) is 0. The Morgan fingerprint density at radius 2 is 0.585 bits per heavy atom. The number of hydrogen-bond acceptors (Lipinski definition) is 15. The number of ether oxygens (including phenoxy) is 4. The van der Waals surface area contributed by atoms with Crippen LogP contribution in [0.15, 0.2) is 0 Å². The first-order valence-electron chi connectivity index (χ1n) is 32.7. The Morgan fingerprint density at radius 1 is 0.341 bits per heavy atom. The summed E-state index contributed by atoms with van der Waals surface area (Å²) in [6, 6.07) is 0. The highest BCUT2D eigenvalue weighted by Gasteiger charge is 2.30. The number of aliphatic hydroxyl groups is 1. The van der Waals surface area contributed by atoms with Gasteiger partial charge in [0.1, 0.15) is 19.3 Å². The van der Waals surface area contributed by atoms with Crippen LogP contribution in [-0.4, -0.2) is 96.7 Å². The third-order valence-corrected chi connectivity index (χ3v) is 16.6. The van der Waals surface area contributed by atoms with E-state index in [1.54, 1.807) is 0 Å². The standard InChI is InChI=1S/C63H122O17P2/c1-9-56(8)42-34-26-20-22-30-38-46-63(68)80-59(50-74-61(66)44-36-28-18-14-13-16-24-32-40-54(4)5)52-78-82(71,72)76-48-57(64)47-75-81(69,70)77-51-58(79-62(67)45-37-29-21-19-25-33-41-55(6)7)49-73-60(65)43-35-27-17-12-10-11-15-23-31-39-53(2)3/h53-59,64H,9-52H2,1-8H3,(H,69,70)(H,71,72)/t56?,57?,58-,59-/m1/s1. The summed E-state index contributed by atoms with van der Waals surface area (Å²) in [5.74, 6) is 0.713. The highest BCUT2D eigenvalue weighted by Crippen LogP contribution is 2.45. The molecule has 0 rings (SSSR count). The van der Waals surface area contributed by atoms with E-state index in [0.29, 0.717) is 31.6 Å². The van der Waals surface area contributed by atoms with Crippen molar-refractivity contribution in [3.8, 4) is 0 Å². The van der Waals surface area contributed by atoms with E-state index in [1.807, 2.05) is 0 Å². The normalized spacial score (nSPS) is 14.8. The Labute approximate surface area is 498 Å². The van der Waals surface area contributed by atoms with Gasteiger partial charge >= 0.3 is 39.5 Å². The third-order valence-electron chi connectivity index (χ3n) is 14.7. The van der Waals surface area contributed by atoms with Crippen molar-refractivity contribution in [2.75, 3.05) is 39.6 Å². The Kier molecular flexibility index (Phi) is 52.0. The maximum atomic E-state index is 12.9. The van der Waals surface area contributed by atoms with E-state index in [4.69, 9.17) is 37.0 Å². The molecular formula is C63H122O17P2. The van der Waals surface area contributed by atoms with Gasteiger partial charge in [-0.2, -0.15) is 0 Å². The molecule has 19 heteroatoms. The fourth-order valence-electron chi connectivity index (χ4n) is 9.22. The number of carbonyl (C=O) groups is 4. The molecule has 0 aromatic rings. The lowest BCUT2D eigenvalue weighted by atomic mass is 10.00. The second-order valence-corrected chi connectivity index (χ2v) is 27.4. The van der Waals surface area contributed by atoms with Crippen molar-refractivity contribution in [2.24, 2.45) is 23.7 Å². The second kappa shape index (κ2) is 53.3. The number of hydrogen-bond donors (Lipinski definition) is 3. The van der Waals surface area contributed by atoms with E-state index in [1.165, 1.54) is 103 Å². The molecule has 0 fully saturated rings. The lowest BCUT2D eigenvalue weighted by Gasteiger charge is -2.21. The third kappa shape index (κ3) is 55.9. The first kappa shape index (κ1) is 80.1. The molecule has 0 saturated carbocycles. The zero-order valence-electron chi connectivity index (χ0n) is 53.1. The van der Waals surface area contributed by atoms with Crippen molar-refractivity contribution in [2.45, 2.75) is 318 Å². The summed E-state index contributed by atoms with van der Waals surface area (Å²) in [4.78, 5) is 72.1. The van der Waals surface area contributed by atoms with Crippen LogP contribution in [-0.2, 0) is 65.4 Å². The molecule has 0 aromatic heterocycles. The number of phosphoric acid groups is 2. The average molecular weight is 1210 g/mol. The van der Waals surface area contributed by atoms with E-state index < -0.39 is 97.5 Å². The number of phosphoric ester groups is 2. The van der Waals surface area contributed by atoms with Crippen LogP contribution in [0.5, 0.6) is 0 Å². The molecule has 0 aromatic carbocycles. The van der Waals surface area contributed by atoms with Crippen molar-refractivity contribution >= 4 is 39.5 Å². The number of rotatable bonds is 60. The maximum absolute atomic E-state index is 12.9. The number of esters is 4. The van der Waals surface area contributed by atoms with Crippen molar-refractivity contribution in [1.29, 1.82) is 0 Å². The smallest absolute Gasteiger partial charge is 0.462 e. The van der Waals surface area contributed by atoms with Gasteiger partial charge in [-0.15, -0.1) is 0 Å². The fraction of sp³-hybridized carbons (Fsp3) is 0.937. The molecule has 0 aliphatic heterocycles. The molecule has 0 saturated heterocycles. The van der Waals surface area contributed by atoms with Crippen LogP contribution in [0, 0.1) is 23.7 Å². The van der Waals surface area contributed by atoms with Gasteiger partial charge in [-0.25, -0.2) is 9.13 Å². The molecule has 0 radical (unpaired) electrons. The average Bonchev–Trinajstić information content (AvgIpc) is 3.42. The summed E-state index contributed by atoms with van der Waals surface area (Å²) >= 11 is 0. The predicted octanol–water partition coefficient (Wildman–Crippen LogP) is 17.0. The van der Waals surface area contributed by atoms with Crippen LogP contribution < -0.4 is 0 Å². The SMILES string of the molecule is CCC(C)CCCCCCCCC(=O)O[C@H](COC(=O)CCCCCCCCCCC(C)C)COP(=O)(O)OCC(O)COP(=O)(O)OC[C@@H](COC(=O)CCCCCCCCCCCC(C)C)OC(=O)CCCCCCCCC(C)C. The van der Waals surface area contributed by atoms with Crippen molar-refractivity contribution in [3.05, 3.63) is 0 Å². The van der Waals surface area contributed by atoms with Crippen molar-refractivity contribution in [3.63, 3.8) is 0 Å². The molecule has 4 unspecified atom stereocenters. The van der Waals surface area contributed by atoms with Crippen LogP contribution >= 0.6 is 15.6 Å². The van der Waals surface area contributed by atoms with Gasteiger partial charge < -0.3 is 33.8 Å². The summed E-state index contributed by atoms with van der Waals surface area (Å²) in [6.45, 7) is 13.9. The monoisotopic (exact) mass is 1210 g/mol. The second-order valence-electron chi connectivity index (χ2n) is 24.5. The van der Waals surface area contributed by atoms with E-state index in [2.05, 4.69) is 55.4 Å². The minimum atomic E-state index is -4.94. The molecule has 0 bridgehead atoms. The van der Waals surface area contributed by atoms with Gasteiger partial charge in [0.25, 0.3) is 0 Å². The van der Waals surface area contributed by atoms with Gasteiger partial charge in [0.05, 0.1) is 26.4 Å². The minimum absolute atomic E-state index is 0.101. The predicted molar refractivity (Wildman–Crippen MR) is 326 cm³/mol. The van der Waals surface area contributed by atoms with Gasteiger partial charge in [-0.3, -0.25) is 37.3 Å². The van der Waals surface area contributed by atoms with Crippen LogP contribution in [0.25, 0.3) is 0 Å². The molecule has 486 valence electrons. The van der Waals surface area contributed by atoms with Crippen LogP contribution in [0.2, 0.25) is 0 Å². The Morgan fingerprint density at radius 3 is 0.866 bits per heavy atom. The zero-order valence-corrected chi connectivity index (χ0v) is 54.9. The lowest BCUT2D eigenvalue weighted by Crippen LogP contribution is -2.30. The highest BCUT2D eigenvalue weighted by molar-refractivity contribution is 7.47. The van der Waals surface area contributed by atoms with Crippen LogP contribution in [0.1, 0.15) is 299 Å². The molecule has 17 nitrogen and oxygen atoms in total. The largest absolute Gasteiger partial charge is 0.472 e. The topological polar surface area (TPSA) is 237 Å². The number of unbranched alkanes of at least 4 members (excludes halogenated alkanes) is 25. The fourth-order valence-corrected chi connectivity index (χ4v) is 10.8. The molecule has 0 heterocycles. The van der Waals surface area contributed by atoms with Gasteiger partial charge in [0.15, 0.2) is 12.2 Å². The molecule has 0 aliphatic rings. The minimum Gasteiger partial charge on any atom is -0.462 e. The maximum Gasteiger partial charge on any atom is 0.472 e. The first-order chi connectivity index (χ1) is 39.1. The molecule has 82 heavy (non-hydrogen) atoms. The molecule has 3 N–H and O–H groups in total. The van der Waals surface area contributed by atoms with E-state index in [0.717, 1.165) is 108 Å². The van der Waals surface area contributed by atoms with Crippen molar-refractivity contribution < 1.29 is 80.2 Å². The molecule has 0 amide bonds. The summed E-state index contributed by atoms with van der Waals surface area (Å²) < 4.78 is 67.9. The van der Waals surface area contributed by atoms with Crippen LogP contribution in [0.3, 0.4) is 0 Å². The van der Waals surface area contributed by atoms with Gasteiger partial charge in [-0.1, -0.05) is 248 Å². The van der Waals surface area contributed by atoms with Gasteiger partial charge in [0.2, 0.25) is 0 Å². The van der Waals surface area contributed by atoms with E-state index in [-0.39, 0.29) is 25.7 Å². The molecular weight excluding hydrogens is 1090 g/mol. The Balaban J connectivity index is 5.24. The molecule has 6 atom stereocenters. The molecule has 0 spiro atoms. The molecule has 0 aliphatic carbocycles. The van der Waals surface area contributed by atoms with Crippen molar-refractivity contribution in [1.82, 2.24) is 0 Å². The summed E-state index contributed by atoms with van der Waals surface area (Å²) in [7, 11) is -9.89. The first-order valence-corrected chi connectivity index (χ1v) is 35.7. The Bertz CT molecular complexity index is 1650. The van der Waals surface area contributed by atoms with Gasteiger partial charge in [-0.05, 0) is 49.4 Å². The van der Waals surface area contributed by atoms with Gasteiger partial charge in [0, 0.05) is 25.7 Å².